The highest BCUT2D eigenvalue weighted by molar-refractivity contribution is 7.92. The third kappa shape index (κ3) is 3.75. The average molecular weight is 310 g/mol. The van der Waals surface area contributed by atoms with Crippen LogP contribution in [0, 0.1) is 0 Å². The maximum Gasteiger partial charge on any atom is 0.232 e. The van der Waals surface area contributed by atoms with Crippen LogP contribution in [0.2, 0.25) is 0 Å². The summed E-state index contributed by atoms with van der Waals surface area (Å²) in [5.41, 5.74) is 2.52. The molecule has 0 saturated carbocycles. The van der Waals surface area contributed by atoms with Gasteiger partial charge in [-0.15, -0.1) is 0 Å². The number of carbonyl (C=O) groups is 1. The molecule has 0 fully saturated rings. The number of anilines is 2. The number of fused-ring (bicyclic) bond motifs is 1. The Morgan fingerprint density at radius 1 is 1.24 bits per heavy atom. The fourth-order valence-electron chi connectivity index (χ4n) is 2.44. The second-order valence-electron chi connectivity index (χ2n) is 5.25. The number of carbonyl (C=O) groups excluding carboxylic acids is 1. The molecule has 0 spiro atoms. The van der Waals surface area contributed by atoms with Crippen LogP contribution in [0.25, 0.3) is 0 Å². The van der Waals surface area contributed by atoms with Gasteiger partial charge in [-0.1, -0.05) is 13.3 Å². The summed E-state index contributed by atoms with van der Waals surface area (Å²) < 4.78 is 25.8. The number of nitrogens with one attached hydrogen (secondary N) is 1. The van der Waals surface area contributed by atoms with Crippen LogP contribution < -0.4 is 9.62 Å². The molecule has 0 radical (unpaired) electrons. The van der Waals surface area contributed by atoms with Gasteiger partial charge < -0.3 is 4.90 Å². The van der Waals surface area contributed by atoms with Gasteiger partial charge in [-0.25, -0.2) is 8.42 Å². The van der Waals surface area contributed by atoms with E-state index in [1.165, 1.54) is 0 Å². The van der Waals surface area contributed by atoms with Crippen LogP contribution in [0.1, 0.15) is 38.7 Å². The van der Waals surface area contributed by atoms with Gasteiger partial charge >= 0.3 is 0 Å². The number of amides is 1. The molecule has 0 aliphatic carbocycles. The second-order valence-corrected chi connectivity index (χ2v) is 7.26. The van der Waals surface area contributed by atoms with Gasteiger partial charge in [0.15, 0.2) is 0 Å². The molecule has 0 aromatic heterocycles. The van der Waals surface area contributed by atoms with Crippen molar-refractivity contribution in [3.8, 4) is 0 Å². The summed E-state index contributed by atoms with van der Waals surface area (Å²) >= 11 is 0. The maximum absolute atomic E-state index is 12.0. The van der Waals surface area contributed by atoms with Gasteiger partial charge in [0, 0.05) is 24.3 Å². The molecular formula is C15H22N2O3S. The molecule has 21 heavy (non-hydrogen) atoms. The van der Waals surface area contributed by atoms with Crippen molar-refractivity contribution in [2.75, 3.05) is 21.9 Å². The lowest BCUT2D eigenvalue weighted by atomic mass is 10.00. The first-order valence-electron chi connectivity index (χ1n) is 7.40. The third-order valence-corrected chi connectivity index (χ3v) is 4.98. The number of benzene rings is 1. The van der Waals surface area contributed by atoms with Gasteiger partial charge in [-0.3, -0.25) is 9.52 Å². The first-order chi connectivity index (χ1) is 9.96. The van der Waals surface area contributed by atoms with Crippen molar-refractivity contribution in [3.05, 3.63) is 23.8 Å². The van der Waals surface area contributed by atoms with Crippen LogP contribution in [0.3, 0.4) is 0 Å². The summed E-state index contributed by atoms with van der Waals surface area (Å²) in [6.45, 7) is 4.42. The molecule has 0 bridgehead atoms. The molecule has 1 amide bonds. The van der Waals surface area contributed by atoms with E-state index in [4.69, 9.17) is 0 Å². The van der Waals surface area contributed by atoms with E-state index >= 15 is 0 Å². The summed E-state index contributed by atoms with van der Waals surface area (Å²) in [4.78, 5) is 13.9. The Kier molecular flexibility index (Phi) is 4.88. The van der Waals surface area contributed by atoms with E-state index < -0.39 is 10.0 Å². The molecule has 1 N–H and O–H groups in total. The van der Waals surface area contributed by atoms with E-state index in [1.54, 1.807) is 13.0 Å². The summed E-state index contributed by atoms with van der Waals surface area (Å²) in [5, 5.41) is 0. The maximum atomic E-state index is 12.0. The largest absolute Gasteiger partial charge is 0.312 e. The van der Waals surface area contributed by atoms with Gasteiger partial charge in [0.05, 0.1) is 5.75 Å². The zero-order valence-electron chi connectivity index (χ0n) is 12.6. The molecule has 1 aliphatic heterocycles. The number of aryl methyl sites for hydroxylation is 1. The molecule has 6 heteroatoms. The Morgan fingerprint density at radius 3 is 2.67 bits per heavy atom. The molecule has 5 nitrogen and oxygen atoms in total. The molecule has 1 heterocycles. The average Bonchev–Trinajstić information content (AvgIpc) is 2.46. The minimum atomic E-state index is -3.27. The summed E-state index contributed by atoms with van der Waals surface area (Å²) in [7, 11) is -3.27. The number of unbranched alkanes of at least 4 members (excludes halogenated alkanes) is 1. The van der Waals surface area contributed by atoms with Crippen LogP contribution in [-0.4, -0.2) is 26.6 Å². The lowest BCUT2D eigenvalue weighted by Gasteiger charge is -2.29. The van der Waals surface area contributed by atoms with Crippen molar-refractivity contribution in [1.29, 1.82) is 0 Å². The monoisotopic (exact) mass is 310 g/mol. The van der Waals surface area contributed by atoms with Crippen molar-refractivity contribution < 1.29 is 13.2 Å². The first-order valence-corrected chi connectivity index (χ1v) is 9.06. The minimum Gasteiger partial charge on any atom is -0.312 e. The van der Waals surface area contributed by atoms with Gasteiger partial charge in [-0.05, 0) is 43.5 Å². The lowest BCUT2D eigenvalue weighted by molar-refractivity contribution is -0.118. The second kappa shape index (κ2) is 6.47. The Bertz CT molecular complexity index is 626. The standard InChI is InChI=1S/C15H22N2O3S/c1-3-5-10-17-14-8-7-13(16-21(19,20)4-2)11-12(14)6-9-15(17)18/h7-8,11,16H,3-6,9-10H2,1-2H3. The highest BCUT2D eigenvalue weighted by Gasteiger charge is 2.24. The topological polar surface area (TPSA) is 66.5 Å². The van der Waals surface area contributed by atoms with Crippen molar-refractivity contribution in [3.63, 3.8) is 0 Å². The van der Waals surface area contributed by atoms with Gasteiger partial charge in [0.25, 0.3) is 0 Å². The van der Waals surface area contributed by atoms with E-state index in [2.05, 4.69) is 11.6 Å². The quantitative estimate of drug-likeness (QED) is 0.878. The van der Waals surface area contributed by atoms with E-state index in [1.807, 2.05) is 17.0 Å². The van der Waals surface area contributed by atoms with Crippen molar-refractivity contribution >= 4 is 27.3 Å². The van der Waals surface area contributed by atoms with Crippen LogP contribution in [-0.2, 0) is 21.2 Å². The highest BCUT2D eigenvalue weighted by Crippen LogP contribution is 2.30. The van der Waals surface area contributed by atoms with E-state index in [0.29, 0.717) is 18.5 Å². The zero-order chi connectivity index (χ0) is 15.5. The number of hydrogen-bond acceptors (Lipinski definition) is 3. The highest BCUT2D eigenvalue weighted by atomic mass is 32.2. The fourth-order valence-corrected chi connectivity index (χ4v) is 3.07. The van der Waals surface area contributed by atoms with Crippen molar-refractivity contribution in [2.24, 2.45) is 0 Å². The molecule has 0 unspecified atom stereocenters. The van der Waals surface area contributed by atoms with Gasteiger partial charge in [0.1, 0.15) is 0 Å². The Hall–Kier alpha value is -1.56. The van der Waals surface area contributed by atoms with E-state index in [0.717, 1.165) is 30.6 Å². The predicted molar refractivity (Wildman–Crippen MR) is 85.1 cm³/mol. The number of sulfonamides is 1. The zero-order valence-corrected chi connectivity index (χ0v) is 13.4. The third-order valence-electron chi connectivity index (χ3n) is 3.67. The number of rotatable bonds is 6. The van der Waals surface area contributed by atoms with Crippen molar-refractivity contribution in [1.82, 2.24) is 0 Å². The molecule has 0 atom stereocenters. The van der Waals surface area contributed by atoms with Crippen molar-refractivity contribution in [2.45, 2.75) is 39.5 Å². The van der Waals surface area contributed by atoms with Gasteiger partial charge in [0.2, 0.25) is 15.9 Å². The molecular weight excluding hydrogens is 288 g/mol. The van der Waals surface area contributed by atoms with Crippen LogP contribution in [0.15, 0.2) is 18.2 Å². The molecule has 1 aromatic carbocycles. The fraction of sp³-hybridized carbons (Fsp3) is 0.533. The Labute approximate surface area is 126 Å². The molecule has 116 valence electrons. The summed E-state index contributed by atoms with van der Waals surface area (Å²) in [5.74, 6) is 0.198. The van der Waals surface area contributed by atoms with Crippen LogP contribution >= 0.6 is 0 Å². The number of nitrogens with zero attached hydrogens (tertiary/aromatic N) is 1. The molecule has 2 rings (SSSR count). The van der Waals surface area contributed by atoms with E-state index in [-0.39, 0.29) is 11.7 Å². The smallest absolute Gasteiger partial charge is 0.232 e. The normalized spacial score (nSPS) is 15.0. The van der Waals surface area contributed by atoms with Gasteiger partial charge in [-0.2, -0.15) is 0 Å². The van der Waals surface area contributed by atoms with Crippen LogP contribution in [0.5, 0.6) is 0 Å². The minimum absolute atomic E-state index is 0.0468. The SMILES string of the molecule is CCCCN1C(=O)CCc2cc(NS(=O)(=O)CC)ccc21. The van der Waals surface area contributed by atoms with E-state index in [9.17, 15) is 13.2 Å². The van der Waals surface area contributed by atoms with Crippen LogP contribution in [0.4, 0.5) is 11.4 Å². The predicted octanol–water partition coefficient (Wildman–Crippen LogP) is 2.53. The molecule has 0 saturated heterocycles. The molecule has 1 aliphatic rings. The Balaban J connectivity index is 2.26. The summed E-state index contributed by atoms with van der Waals surface area (Å²) in [6, 6.07) is 5.41. The first kappa shape index (κ1) is 15.8. The Morgan fingerprint density at radius 2 is 2.00 bits per heavy atom. The summed E-state index contributed by atoms with van der Waals surface area (Å²) in [6.07, 6.45) is 3.15. The lowest BCUT2D eigenvalue weighted by Crippen LogP contribution is -2.35. The molecule has 1 aromatic rings. The number of hydrogen-bond donors (Lipinski definition) is 1.